The first-order chi connectivity index (χ1) is 10.0. The fourth-order valence-electron chi connectivity index (χ4n) is 2.55. The van der Waals surface area contributed by atoms with E-state index < -0.39 is 5.97 Å². The van der Waals surface area contributed by atoms with E-state index in [1.807, 2.05) is 19.9 Å². The number of benzene rings is 1. The van der Waals surface area contributed by atoms with Gasteiger partial charge in [0.05, 0.1) is 29.2 Å². The number of aryl methyl sites for hydroxylation is 1. The van der Waals surface area contributed by atoms with Crippen molar-refractivity contribution in [2.24, 2.45) is 0 Å². The largest absolute Gasteiger partial charge is 0.462 e. The zero-order valence-electron chi connectivity index (χ0n) is 12.9. The molecule has 2 rings (SSSR count). The van der Waals surface area contributed by atoms with Crippen molar-refractivity contribution in [1.29, 1.82) is 0 Å². The number of nitrogen functional groups attached to an aromatic ring is 1. The molecule has 112 valence electrons. The summed E-state index contributed by atoms with van der Waals surface area (Å²) in [4.78, 5) is 11.9. The first-order valence-electron chi connectivity index (χ1n) is 7.12. The highest BCUT2D eigenvalue weighted by molar-refractivity contribution is 5.97. The van der Waals surface area contributed by atoms with Crippen molar-refractivity contribution in [3.8, 4) is 5.69 Å². The van der Waals surface area contributed by atoms with Crippen molar-refractivity contribution in [3.05, 3.63) is 40.7 Å². The standard InChI is InChI=1S/C16H21N3O2/c1-5-12-10(3)18-19(11(12)4)14-9-7-8-13(15(14)17)16(20)21-6-2/h7-9H,5-6,17H2,1-4H3. The molecular weight excluding hydrogens is 266 g/mol. The Bertz CT molecular complexity index is 674. The minimum Gasteiger partial charge on any atom is -0.462 e. The van der Waals surface area contributed by atoms with E-state index in [4.69, 9.17) is 10.5 Å². The molecule has 0 atom stereocenters. The van der Waals surface area contributed by atoms with Gasteiger partial charge in [0.25, 0.3) is 0 Å². The number of hydrogen-bond acceptors (Lipinski definition) is 4. The van der Waals surface area contributed by atoms with Gasteiger partial charge in [0.15, 0.2) is 0 Å². The van der Waals surface area contributed by atoms with Crippen LogP contribution in [0.5, 0.6) is 0 Å². The zero-order chi connectivity index (χ0) is 15.6. The average molecular weight is 287 g/mol. The fraction of sp³-hybridized carbons (Fsp3) is 0.375. The minimum absolute atomic E-state index is 0.322. The van der Waals surface area contributed by atoms with Crippen molar-refractivity contribution < 1.29 is 9.53 Å². The molecule has 5 nitrogen and oxygen atoms in total. The Morgan fingerprint density at radius 3 is 2.62 bits per heavy atom. The van der Waals surface area contributed by atoms with Crippen molar-refractivity contribution in [2.45, 2.75) is 34.1 Å². The monoisotopic (exact) mass is 287 g/mol. The first-order valence-corrected chi connectivity index (χ1v) is 7.12. The van der Waals surface area contributed by atoms with Gasteiger partial charge >= 0.3 is 5.97 Å². The summed E-state index contributed by atoms with van der Waals surface area (Å²) in [6.07, 6.45) is 0.912. The van der Waals surface area contributed by atoms with Crippen LogP contribution in [0.2, 0.25) is 0 Å². The summed E-state index contributed by atoms with van der Waals surface area (Å²) in [5.41, 5.74) is 10.9. The number of ether oxygens (including phenoxy) is 1. The second kappa shape index (κ2) is 5.99. The van der Waals surface area contributed by atoms with Gasteiger partial charge in [-0.15, -0.1) is 0 Å². The molecule has 0 unspecified atom stereocenters. The first kappa shape index (κ1) is 15.1. The Morgan fingerprint density at radius 2 is 2.05 bits per heavy atom. The average Bonchev–Trinajstić information content (AvgIpc) is 2.73. The SMILES string of the molecule is CCOC(=O)c1cccc(-n2nc(C)c(CC)c2C)c1N. The summed E-state index contributed by atoms with van der Waals surface area (Å²) in [6.45, 7) is 8.18. The van der Waals surface area contributed by atoms with Crippen molar-refractivity contribution in [3.63, 3.8) is 0 Å². The van der Waals surface area contributed by atoms with E-state index in [1.165, 1.54) is 5.56 Å². The minimum atomic E-state index is -0.408. The summed E-state index contributed by atoms with van der Waals surface area (Å²) in [5.74, 6) is -0.408. The van der Waals surface area contributed by atoms with Crippen LogP contribution in [0.4, 0.5) is 5.69 Å². The number of carbonyl (C=O) groups is 1. The lowest BCUT2D eigenvalue weighted by Gasteiger charge is -2.12. The molecule has 0 aliphatic heterocycles. The molecule has 0 fully saturated rings. The molecule has 0 radical (unpaired) electrons. The Kier molecular flexibility index (Phi) is 4.31. The Labute approximate surface area is 124 Å². The highest BCUT2D eigenvalue weighted by Crippen LogP contribution is 2.25. The maximum Gasteiger partial charge on any atom is 0.340 e. The second-order valence-electron chi connectivity index (χ2n) is 4.87. The van der Waals surface area contributed by atoms with Crippen LogP contribution in [0.15, 0.2) is 18.2 Å². The molecule has 5 heteroatoms. The lowest BCUT2D eigenvalue weighted by molar-refractivity contribution is 0.0527. The number of carbonyl (C=O) groups excluding carboxylic acids is 1. The number of hydrogen-bond donors (Lipinski definition) is 1. The third-order valence-corrected chi connectivity index (χ3v) is 3.60. The van der Waals surface area contributed by atoms with Gasteiger partial charge in [0.2, 0.25) is 0 Å². The molecule has 0 aliphatic carbocycles. The normalized spacial score (nSPS) is 10.7. The van der Waals surface area contributed by atoms with Gasteiger partial charge in [0, 0.05) is 5.69 Å². The van der Waals surface area contributed by atoms with Gasteiger partial charge < -0.3 is 10.5 Å². The zero-order valence-corrected chi connectivity index (χ0v) is 12.9. The number of para-hydroxylation sites is 1. The van der Waals surface area contributed by atoms with Crippen LogP contribution in [0, 0.1) is 13.8 Å². The van der Waals surface area contributed by atoms with Gasteiger partial charge in [-0.3, -0.25) is 0 Å². The number of rotatable bonds is 4. The van der Waals surface area contributed by atoms with Crippen LogP contribution in [0.1, 0.15) is 41.2 Å². The van der Waals surface area contributed by atoms with Crippen LogP contribution in [-0.2, 0) is 11.2 Å². The molecule has 0 saturated carbocycles. The van der Waals surface area contributed by atoms with Crippen molar-refractivity contribution >= 4 is 11.7 Å². The van der Waals surface area contributed by atoms with E-state index in [-0.39, 0.29) is 0 Å². The molecule has 0 aliphatic rings. The second-order valence-corrected chi connectivity index (χ2v) is 4.87. The van der Waals surface area contributed by atoms with E-state index in [1.54, 1.807) is 23.7 Å². The molecule has 0 saturated heterocycles. The number of esters is 1. The summed E-state index contributed by atoms with van der Waals surface area (Å²) >= 11 is 0. The predicted octanol–water partition coefficient (Wildman–Crippen LogP) is 2.81. The summed E-state index contributed by atoms with van der Waals surface area (Å²) < 4.78 is 6.83. The molecule has 1 aromatic carbocycles. The summed E-state index contributed by atoms with van der Waals surface area (Å²) in [5, 5.41) is 4.54. The lowest BCUT2D eigenvalue weighted by atomic mass is 10.1. The third kappa shape index (κ3) is 2.63. The Balaban J connectivity index is 2.56. The topological polar surface area (TPSA) is 70.1 Å². The van der Waals surface area contributed by atoms with Crippen molar-refractivity contribution in [1.82, 2.24) is 9.78 Å². The summed E-state index contributed by atoms with van der Waals surface area (Å²) in [7, 11) is 0. The van der Waals surface area contributed by atoms with Crippen LogP contribution < -0.4 is 5.73 Å². The van der Waals surface area contributed by atoms with Gasteiger partial charge in [-0.25, -0.2) is 9.48 Å². The maximum atomic E-state index is 11.9. The van der Waals surface area contributed by atoms with E-state index in [0.717, 1.165) is 17.8 Å². The van der Waals surface area contributed by atoms with E-state index in [9.17, 15) is 4.79 Å². The van der Waals surface area contributed by atoms with Crippen LogP contribution in [0.25, 0.3) is 5.69 Å². The van der Waals surface area contributed by atoms with Crippen LogP contribution in [0.3, 0.4) is 0 Å². The number of nitrogens with two attached hydrogens (primary N) is 1. The van der Waals surface area contributed by atoms with Gasteiger partial charge in [-0.2, -0.15) is 5.10 Å². The molecule has 2 N–H and O–H groups in total. The smallest absolute Gasteiger partial charge is 0.340 e. The quantitative estimate of drug-likeness (QED) is 0.693. The van der Waals surface area contributed by atoms with Crippen LogP contribution >= 0.6 is 0 Å². The van der Waals surface area contributed by atoms with Gasteiger partial charge in [0.1, 0.15) is 0 Å². The highest BCUT2D eigenvalue weighted by Gasteiger charge is 2.18. The highest BCUT2D eigenvalue weighted by atomic mass is 16.5. The molecule has 0 bridgehead atoms. The number of aromatic nitrogens is 2. The predicted molar refractivity (Wildman–Crippen MR) is 82.8 cm³/mol. The number of nitrogens with zero attached hydrogens (tertiary/aromatic N) is 2. The van der Waals surface area contributed by atoms with Crippen LogP contribution in [-0.4, -0.2) is 22.4 Å². The molecule has 1 heterocycles. The lowest BCUT2D eigenvalue weighted by Crippen LogP contribution is -2.11. The van der Waals surface area contributed by atoms with Crippen molar-refractivity contribution in [2.75, 3.05) is 12.3 Å². The maximum absolute atomic E-state index is 11.9. The number of anilines is 1. The molecular formula is C16H21N3O2. The Morgan fingerprint density at radius 1 is 1.33 bits per heavy atom. The fourth-order valence-corrected chi connectivity index (χ4v) is 2.55. The van der Waals surface area contributed by atoms with E-state index in [0.29, 0.717) is 23.5 Å². The third-order valence-electron chi connectivity index (χ3n) is 3.60. The van der Waals surface area contributed by atoms with Gasteiger partial charge in [-0.05, 0) is 44.9 Å². The molecule has 0 spiro atoms. The van der Waals surface area contributed by atoms with E-state index >= 15 is 0 Å². The molecule has 1 aromatic heterocycles. The Hall–Kier alpha value is -2.30. The molecule has 0 amide bonds. The summed E-state index contributed by atoms with van der Waals surface area (Å²) in [6, 6.07) is 5.32. The molecule has 21 heavy (non-hydrogen) atoms. The van der Waals surface area contributed by atoms with E-state index in [2.05, 4.69) is 12.0 Å². The van der Waals surface area contributed by atoms with Gasteiger partial charge in [-0.1, -0.05) is 13.0 Å². The molecule has 2 aromatic rings.